The smallest absolute Gasteiger partial charge is 0.212 e. The van der Waals surface area contributed by atoms with Crippen LogP contribution in [0.25, 0.3) is 26.4 Å². The van der Waals surface area contributed by atoms with E-state index in [2.05, 4.69) is 41.9 Å². The first-order valence-corrected chi connectivity index (χ1v) is 9.50. The number of benzene rings is 1. The third-order valence-electron chi connectivity index (χ3n) is 4.94. The molecule has 3 aromatic heterocycles. The molecular weight excluding hydrogens is 332 g/mol. The number of imidazole rings is 1. The predicted molar refractivity (Wildman–Crippen MR) is 100 cm³/mol. The average Bonchev–Trinajstić information content (AvgIpc) is 3.27. The number of aromatic nitrogens is 5. The second kappa shape index (κ2) is 5.64. The zero-order valence-electron chi connectivity index (χ0n) is 14.4. The first-order chi connectivity index (χ1) is 12.2. The van der Waals surface area contributed by atoms with Crippen LogP contribution in [0.2, 0.25) is 0 Å². The fourth-order valence-corrected chi connectivity index (χ4v) is 4.56. The third-order valence-corrected chi connectivity index (χ3v) is 5.91. The Bertz CT molecular complexity index is 1030. The van der Waals surface area contributed by atoms with E-state index in [0.717, 1.165) is 45.2 Å². The zero-order valence-corrected chi connectivity index (χ0v) is 15.2. The SMILES string of the molecule is Cc1cc(-c2nn3cc([C@H]4CCCNC4)nc3s2)cc2cn(C)nc12. The molecule has 7 heteroatoms. The second-order valence-corrected chi connectivity index (χ2v) is 7.83. The molecule has 1 aliphatic rings. The molecule has 1 aliphatic heterocycles. The normalized spacial score (nSPS) is 18.4. The summed E-state index contributed by atoms with van der Waals surface area (Å²) in [6.07, 6.45) is 6.58. The Labute approximate surface area is 149 Å². The molecule has 1 aromatic carbocycles. The minimum absolute atomic E-state index is 0.514. The number of fused-ring (bicyclic) bond motifs is 2. The molecular formula is C18H20N6S. The maximum Gasteiger partial charge on any atom is 0.212 e. The Kier molecular flexibility index (Phi) is 3.39. The molecule has 1 saturated heterocycles. The zero-order chi connectivity index (χ0) is 17.0. The van der Waals surface area contributed by atoms with E-state index in [1.165, 1.54) is 18.4 Å². The standard InChI is InChI=1S/C18H20N6S/c1-11-6-13(7-14-9-23(2)21-16(11)14)17-22-24-10-15(20-18(24)25-17)12-4-3-5-19-8-12/h6-7,9-10,12,19H,3-5,8H2,1-2H3/t12-/m0/s1. The molecule has 4 heterocycles. The van der Waals surface area contributed by atoms with Crippen molar-refractivity contribution in [1.82, 2.24) is 29.7 Å². The van der Waals surface area contributed by atoms with Crippen LogP contribution >= 0.6 is 11.3 Å². The van der Waals surface area contributed by atoms with Crippen molar-refractivity contribution in [3.63, 3.8) is 0 Å². The fourth-order valence-electron chi connectivity index (χ4n) is 3.69. The molecule has 5 rings (SSSR count). The van der Waals surface area contributed by atoms with E-state index in [4.69, 9.17) is 10.1 Å². The van der Waals surface area contributed by atoms with Gasteiger partial charge in [-0.15, -0.1) is 0 Å². The lowest BCUT2D eigenvalue weighted by molar-refractivity contribution is 0.456. The minimum atomic E-state index is 0.514. The Morgan fingerprint density at radius 1 is 1.24 bits per heavy atom. The molecule has 1 N–H and O–H groups in total. The molecule has 0 unspecified atom stereocenters. The van der Waals surface area contributed by atoms with Gasteiger partial charge in [0, 0.05) is 36.7 Å². The number of piperidine rings is 1. The van der Waals surface area contributed by atoms with Crippen molar-refractivity contribution >= 4 is 27.2 Å². The van der Waals surface area contributed by atoms with Gasteiger partial charge in [-0.2, -0.15) is 10.2 Å². The Balaban J connectivity index is 1.53. The van der Waals surface area contributed by atoms with Crippen LogP contribution in [-0.4, -0.2) is 37.5 Å². The lowest BCUT2D eigenvalue weighted by Crippen LogP contribution is -2.28. The molecule has 1 atom stereocenters. The monoisotopic (exact) mass is 352 g/mol. The molecule has 0 amide bonds. The first-order valence-electron chi connectivity index (χ1n) is 8.68. The number of nitrogens with zero attached hydrogens (tertiary/aromatic N) is 5. The maximum absolute atomic E-state index is 4.83. The molecule has 25 heavy (non-hydrogen) atoms. The van der Waals surface area contributed by atoms with Crippen molar-refractivity contribution in [1.29, 1.82) is 0 Å². The quantitative estimate of drug-likeness (QED) is 0.602. The summed E-state index contributed by atoms with van der Waals surface area (Å²) < 4.78 is 3.80. The number of aryl methyl sites for hydroxylation is 2. The van der Waals surface area contributed by atoms with Crippen molar-refractivity contribution in [2.45, 2.75) is 25.7 Å². The molecule has 0 radical (unpaired) electrons. The summed E-state index contributed by atoms with van der Waals surface area (Å²) in [6, 6.07) is 4.33. The van der Waals surface area contributed by atoms with Gasteiger partial charge in [-0.25, -0.2) is 9.50 Å². The first kappa shape index (κ1) is 15.0. The largest absolute Gasteiger partial charge is 0.316 e. The lowest BCUT2D eigenvalue weighted by Gasteiger charge is -2.20. The molecule has 0 spiro atoms. The van der Waals surface area contributed by atoms with Gasteiger partial charge in [0.25, 0.3) is 0 Å². The molecule has 0 saturated carbocycles. The maximum atomic E-state index is 4.83. The average molecular weight is 352 g/mol. The van der Waals surface area contributed by atoms with Crippen LogP contribution in [0, 0.1) is 6.92 Å². The molecule has 4 aromatic rings. The van der Waals surface area contributed by atoms with Gasteiger partial charge in [-0.1, -0.05) is 11.3 Å². The highest BCUT2D eigenvalue weighted by Crippen LogP contribution is 2.31. The van der Waals surface area contributed by atoms with Crippen molar-refractivity contribution in [2.75, 3.05) is 13.1 Å². The van der Waals surface area contributed by atoms with Crippen molar-refractivity contribution in [2.24, 2.45) is 7.05 Å². The summed E-state index contributed by atoms with van der Waals surface area (Å²) in [4.78, 5) is 5.81. The number of hydrogen-bond donors (Lipinski definition) is 1. The summed E-state index contributed by atoms with van der Waals surface area (Å²) in [5, 5.41) is 14.9. The topological polar surface area (TPSA) is 60.0 Å². The van der Waals surface area contributed by atoms with E-state index in [-0.39, 0.29) is 0 Å². The third kappa shape index (κ3) is 2.54. The van der Waals surface area contributed by atoms with E-state index in [9.17, 15) is 0 Å². The lowest BCUT2D eigenvalue weighted by atomic mass is 9.97. The van der Waals surface area contributed by atoms with Gasteiger partial charge in [0.2, 0.25) is 4.96 Å². The van der Waals surface area contributed by atoms with Gasteiger partial charge in [-0.05, 0) is 44.0 Å². The number of rotatable bonds is 2. The van der Waals surface area contributed by atoms with Crippen molar-refractivity contribution < 1.29 is 0 Å². The van der Waals surface area contributed by atoms with Gasteiger partial charge in [-0.3, -0.25) is 4.68 Å². The Hall–Kier alpha value is -2.25. The summed E-state index contributed by atoms with van der Waals surface area (Å²) in [7, 11) is 1.96. The van der Waals surface area contributed by atoms with Crippen LogP contribution < -0.4 is 5.32 Å². The van der Waals surface area contributed by atoms with E-state index in [1.807, 2.05) is 16.2 Å². The van der Waals surface area contributed by atoms with Gasteiger partial charge >= 0.3 is 0 Å². The van der Waals surface area contributed by atoms with Crippen LogP contribution in [0.1, 0.15) is 30.0 Å². The highest BCUT2D eigenvalue weighted by molar-refractivity contribution is 7.19. The molecule has 6 nitrogen and oxygen atoms in total. The van der Waals surface area contributed by atoms with E-state index >= 15 is 0 Å². The van der Waals surface area contributed by atoms with Crippen LogP contribution in [-0.2, 0) is 7.05 Å². The van der Waals surface area contributed by atoms with Crippen LogP contribution in [0.15, 0.2) is 24.5 Å². The Morgan fingerprint density at radius 2 is 2.16 bits per heavy atom. The summed E-state index contributed by atoms with van der Waals surface area (Å²) >= 11 is 1.65. The molecule has 0 aliphatic carbocycles. The van der Waals surface area contributed by atoms with Crippen molar-refractivity contribution in [3.8, 4) is 10.6 Å². The van der Waals surface area contributed by atoms with Crippen LogP contribution in [0.3, 0.4) is 0 Å². The van der Waals surface area contributed by atoms with Gasteiger partial charge < -0.3 is 5.32 Å². The van der Waals surface area contributed by atoms with Crippen LogP contribution in [0.5, 0.6) is 0 Å². The van der Waals surface area contributed by atoms with Gasteiger partial charge in [0.15, 0.2) is 0 Å². The molecule has 1 fully saturated rings. The van der Waals surface area contributed by atoms with E-state index in [1.54, 1.807) is 11.3 Å². The van der Waals surface area contributed by atoms with Gasteiger partial charge in [0.05, 0.1) is 17.4 Å². The highest BCUT2D eigenvalue weighted by Gasteiger charge is 2.20. The summed E-state index contributed by atoms with van der Waals surface area (Å²) in [5.41, 5.74) is 4.53. The van der Waals surface area contributed by atoms with E-state index in [0.29, 0.717) is 5.92 Å². The summed E-state index contributed by atoms with van der Waals surface area (Å²) in [6.45, 7) is 4.25. The van der Waals surface area contributed by atoms with Crippen LogP contribution in [0.4, 0.5) is 0 Å². The predicted octanol–water partition coefficient (Wildman–Crippen LogP) is 3.12. The number of nitrogens with one attached hydrogen (secondary N) is 1. The fraction of sp³-hybridized carbons (Fsp3) is 0.389. The van der Waals surface area contributed by atoms with E-state index < -0.39 is 0 Å². The highest BCUT2D eigenvalue weighted by atomic mass is 32.1. The summed E-state index contributed by atoms with van der Waals surface area (Å²) in [5.74, 6) is 0.514. The van der Waals surface area contributed by atoms with Gasteiger partial charge in [0.1, 0.15) is 5.01 Å². The second-order valence-electron chi connectivity index (χ2n) is 6.88. The molecule has 0 bridgehead atoms. The Morgan fingerprint density at radius 3 is 2.96 bits per heavy atom. The molecule has 128 valence electrons. The van der Waals surface area contributed by atoms with Crippen molar-refractivity contribution in [3.05, 3.63) is 35.8 Å². The minimum Gasteiger partial charge on any atom is -0.316 e. The number of hydrogen-bond acceptors (Lipinski definition) is 5.